The van der Waals surface area contributed by atoms with Crippen molar-refractivity contribution in [3.63, 3.8) is 0 Å². The number of amides is 1. The molecule has 4 nitrogen and oxygen atoms in total. The van der Waals surface area contributed by atoms with Crippen molar-refractivity contribution in [3.05, 3.63) is 28.8 Å². The van der Waals surface area contributed by atoms with Crippen LogP contribution in [0.3, 0.4) is 0 Å². The van der Waals surface area contributed by atoms with Crippen LogP contribution in [-0.2, 0) is 4.79 Å². The summed E-state index contributed by atoms with van der Waals surface area (Å²) in [6, 6.07) is 4.08. The van der Waals surface area contributed by atoms with Crippen molar-refractivity contribution >= 4 is 5.91 Å². The lowest BCUT2D eigenvalue weighted by Crippen LogP contribution is -2.29. The maximum atomic E-state index is 11.3. The first-order valence-electron chi connectivity index (χ1n) is 6.72. The second-order valence-electron chi connectivity index (χ2n) is 4.77. The van der Waals surface area contributed by atoms with Gasteiger partial charge in [0.15, 0.2) is 0 Å². The Bertz CT molecular complexity index is 407. The van der Waals surface area contributed by atoms with E-state index >= 15 is 0 Å². The largest absolute Gasteiger partial charge is 0.494 e. The molecule has 0 atom stereocenters. The van der Waals surface area contributed by atoms with Crippen molar-refractivity contribution in [1.82, 2.24) is 5.32 Å². The van der Waals surface area contributed by atoms with Crippen molar-refractivity contribution in [2.45, 2.75) is 33.6 Å². The Morgan fingerprint density at radius 3 is 2.47 bits per heavy atom. The van der Waals surface area contributed by atoms with Gasteiger partial charge in [-0.3, -0.25) is 4.79 Å². The van der Waals surface area contributed by atoms with Crippen molar-refractivity contribution in [2.24, 2.45) is 5.73 Å². The summed E-state index contributed by atoms with van der Waals surface area (Å²) < 4.78 is 5.67. The number of carbonyl (C=O) groups is 1. The highest BCUT2D eigenvalue weighted by molar-refractivity contribution is 5.75. The van der Waals surface area contributed by atoms with Crippen LogP contribution in [0.5, 0.6) is 5.75 Å². The van der Waals surface area contributed by atoms with E-state index in [4.69, 9.17) is 10.5 Å². The van der Waals surface area contributed by atoms with Gasteiger partial charge in [0, 0.05) is 19.5 Å². The topological polar surface area (TPSA) is 64.3 Å². The summed E-state index contributed by atoms with van der Waals surface area (Å²) in [5, 5.41) is 2.74. The van der Waals surface area contributed by atoms with Crippen LogP contribution >= 0.6 is 0 Å². The molecule has 0 aromatic heterocycles. The van der Waals surface area contributed by atoms with E-state index in [0.717, 1.165) is 5.75 Å². The molecular formula is C15H24N2O2. The van der Waals surface area contributed by atoms with Crippen LogP contribution in [0.1, 0.15) is 29.5 Å². The molecule has 0 unspecified atom stereocenters. The third kappa shape index (κ3) is 5.30. The Balaban J connectivity index is 2.32. The summed E-state index contributed by atoms with van der Waals surface area (Å²) in [6.45, 7) is 7.83. The molecule has 0 aliphatic carbocycles. The summed E-state index contributed by atoms with van der Waals surface area (Å²) >= 11 is 0. The molecule has 0 aliphatic rings. The minimum Gasteiger partial charge on any atom is -0.494 e. The zero-order valence-electron chi connectivity index (χ0n) is 12.1. The lowest BCUT2D eigenvalue weighted by molar-refractivity contribution is -0.121. The Hall–Kier alpha value is -1.55. The van der Waals surface area contributed by atoms with Gasteiger partial charge in [-0.15, -0.1) is 0 Å². The number of ether oxygens (including phenoxy) is 1. The predicted molar refractivity (Wildman–Crippen MR) is 77.4 cm³/mol. The molecule has 0 saturated carbocycles. The van der Waals surface area contributed by atoms with Crippen LogP contribution in [0.4, 0.5) is 0 Å². The van der Waals surface area contributed by atoms with Gasteiger partial charge in [0.2, 0.25) is 5.91 Å². The van der Waals surface area contributed by atoms with Gasteiger partial charge in [-0.1, -0.05) is 0 Å². The van der Waals surface area contributed by atoms with Crippen LogP contribution in [0, 0.1) is 20.8 Å². The lowest BCUT2D eigenvalue weighted by atomic mass is 10.0. The smallest absolute Gasteiger partial charge is 0.220 e. The molecular weight excluding hydrogens is 240 g/mol. The highest BCUT2D eigenvalue weighted by atomic mass is 16.5. The number of hydrogen-bond acceptors (Lipinski definition) is 3. The molecule has 106 valence electrons. The standard InChI is InChI=1S/C15H24N2O2/c1-11-9-14(10-12(2)13(11)3)19-8-4-5-15(18)17-7-6-16/h9-10H,4-8,16H2,1-3H3,(H,17,18). The van der Waals surface area contributed by atoms with E-state index in [1.807, 2.05) is 12.1 Å². The van der Waals surface area contributed by atoms with Gasteiger partial charge in [-0.25, -0.2) is 0 Å². The first-order valence-corrected chi connectivity index (χ1v) is 6.72. The maximum Gasteiger partial charge on any atom is 0.220 e. The van der Waals surface area contributed by atoms with E-state index in [-0.39, 0.29) is 5.91 Å². The van der Waals surface area contributed by atoms with Gasteiger partial charge in [-0.05, 0) is 56.0 Å². The average Bonchev–Trinajstić information content (AvgIpc) is 2.38. The van der Waals surface area contributed by atoms with Crippen molar-refractivity contribution in [3.8, 4) is 5.75 Å². The highest BCUT2D eigenvalue weighted by Gasteiger charge is 2.03. The van der Waals surface area contributed by atoms with E-state index in [1.165, 1.54) is 16.7 Å². The third-order valence-electron chi connectivity index (χ3n) is 3.18. The van der Waals surface area contributed by atoms with Gasteiger partial charge >= 0.3 is 0 Å². The first kappa shape index (κ1) is 15.5. The molecule has 0 bridgehead atoms. The van der Waals surface area contributed by atoms with Crippen LogP contribution < -0.4 is 15.8 Å². The van der Waals surface area contributed by atoms with Gasteiger partial charge in [0.1, 0.15) is 5.75 Å². The SMILES string of the molecule is Cc1cc(OCCCC(=O)NCCN)cc(C)c1C. The minimum atomic E-state index is 0.0327. The average molecular weight is 264 g/mol. The molecule has 19 heavy (non-hydrogen) atoms. The minimum absolute atomic E-state index is 0.0327. The van der Waals surface area contributed by atoms with Crippen LogP contribution in [0.15, 0.2) is 12.1 Å². The zero-order valence-corrected chi connectivity index (χ0v) is 12.1. The lowest BCUT2D eigenvalue weighted by Gasteiger charge is -2.11. The second kappa shape index (κ2) is 7.79. The molecule has 0 radical (unpaired) electrons. The molecule has 0 saturated heterocycles. The van der Waals surface area contributed by atoms with Gasteiger partial charge < -0.3 is 15.8 Å². The van der Waals surface area contributed by atoms with E-state index < -0.39 is 0 Å². The number of aryl methyl sites for hydroxylation is 2. The molecule has 0 fully saturated rings. The molecule has 0 aliphatic heterocycles. The van der Waals surface area contributed by atoms with Crippen molar-refractivity contribution in [2.75, 3.05) is 19.7 Å². The molecule has 1 amide bonds. The zero-order chi connectivity index (χ0) is 14.3. The van der Waals surface area contributed by atoms with E-state index in [9.17, 15) is 4.79 Å². The van der Waals surface area contributed by atoms with Gasteiger partial charge in [0.05, 0.1) is 6.61 Å². The van der Waals surface area contributed by atoms with Crippen LogP contribution in [0.25, 0.3) is 0 Å². The van der Waals surface area contributed by atoms with Gasteiger partial charge in [0.25, 0.3) is 0 Å². The summed E-state index contributed by atoms with van der Waals surface area (Å²) in [4.78, 5) is 11.3. The second-order valence-corrected chi connectivity index (χ2v) is 4.77. The molecule has 0 spiro atoms. The maximum absolute atomic E-state index is 11.3. The number of carbonyl (C=O) groups excluding carboxylic acids is 1. The Kier molecular flexibility index (Phi) is 6.36. The molecule has 3 N–H and O–H groups in total. The summed E-state index contributed by atoms with van der Waals surface area (Å²) in [7, 11) is 0. The summed E-state index contributed by atoms with van der Waals surface area (Å²) in [5.41, 5.74) is 9.07. The molecule has 1 aromatic carbocycles. The monoisotopic (exact) mass is 264 g/mol. The fourth-order valence-corrected chi connectivity index (χ4v) is 1.80. The van der Waals surface area contributed by atoms with Crippen molar-refractivity contribution in [1.29, 1.82) is 0 Å². The molecule has 1 rings (SSSR count). The van der Waals surface area contributed by atoms with Crippen LogP contribution in [0.2, 0.25) is 0 Å². The number of nitrogens with one attached hydrogen (secondary N) is 1. The Morgan fingerprint density at radius 2 is 1.89 bits per heavy atom. The molecule has 0 heterocycles. The fraction of sp³-hybridized carbons (Fsp3) is 0.533. The van der Waals surface area contributed by atoms with Gasteiger partial charge in [-0.2, -0.15) is 0 Å². The Morgan fingerprint density at radius 1 is 1.26 bits per heavy atom. The quantitative estimate of drug-likeness (QED) is 0.739. The predicted octanol–water partition coefficient (Wildman–Crippen LogP) is 1.85. The fourth-order valence-electron chi connectivity index (χ4n) is 1.80. The highest BCUT2D eigenvalue weighted by Crippen LogP contribution is 2.21. The normalized spacial score (nSPS) is 10.3. The third-order valence-corrected chi connectivity index (χ3v) is 3.18. The number of hydrogen-bond donors (Lipinski definition) is 2. The Labute approximate surface area is 115 Å². The van der Waals surface area contributed by atoms with E-state index in [1.54, 1.807) is 0 Å². The molecule has 4 heteroatoms. The molecule has 1 aromatic rings. The van der Waals surface area contributed by atoms with E-state index in [2.05, 4.69) is 26.1 Å². The van der Waals surface area contributed by atoms with Crippen molar-refractivity contribution < 1.29 is 9.53 Å². The van der Waals surface area contributed by atoms with Crippen LogP contribution in [-0.4, -0.2) is 25.6 Å². The summed E-state index contributed by atoms with van der Waals surface area (Å²) in [6.07, 6.45) is 1.19. The first-order chi connectivity index (χ1) is 9.04. The number of rotatable bonds is 7. The summed E-state index contributed by atoms with van der Waals surface area (Å²) in [5.74, 6) is 0.910. The number of benzene rings is 1. The van der Waals surface area contributed by atoms with E-state index in [0.29, 0.717) is 32.5 Å². The number of nitrogens with two attached hydrogens (primary N) is 1.